The second kappa shape index (κ2) is 87.9. The lowest BCUT2D eigenvalue weighted by molar-refractivity contribution is -0.282. The van der Waals surface area contributed by atoms with E-state index in [1.807, 2.05) is 0 Å². The van der Waals surface area contributed by atoms with Crippen molar-refractivity contribution in [1.82, 2.24) is 10.6 Å². The summed E-state index contributed by atoms with van der Waals surface area (Å²) in [7, 11) is -5.60. The number of aliphatic hydroxyl groups is 4. The van der Waals surface area contributed by atoms with E-state index in [9.17, 15) is 54.0 Å². The second-order valence-electron chi connectivity index (χ2n) is 39.8. The normalized spacial score (nSPS) is 19.1. The minimum Gasteiger partial charge on any atom is -0.462 e. The van der Waals surface area contributed by atoms with Crippen LogP contribution in [-0.4, -0.2) is 165 Å². The maximum atomic E-state index is 15.3. The summed E-state index contributed by atoms with van der Waals surface area (Å²) in [5.41, 5.74) is 0. The Kier molecular flexibility index (Phi) is 83.0. The largest absolute Gasteiger partial charge is 0.470 e. The maximum Gasteiger partial charge on any atom is 0.470 e. The molecule has 23 nitrogen and oxygen atoms in total. The number of phosphoric ester groups is 1. The third kappa shape index (κ3) is 71.1. The summed E-state index contributed by atoms with van der Waals surface area (Å²) in [4.78, 5) is 108. The van der Waals surface area contributed by atoms with Gasteiger partial charge in [0, 0.05) is 12.8 Å². The lowest BCUT2D eigenvalue weighted by Gasteiger charge is -2.46. The molecule has 2 saturated heterocycles. The molecular formula is C108H205N2O21P. The van der Waals surface area contributed by atoms with Crippen LogP contribution in [0.5, 0.6) is 0 Å². The molecule has 2 heterocycles. The fourth-order valence-electron chi connectivity index (χ4n) is 18.8. The van der Waals surface area contributed by atoms with Crippen LogP contribution in [0.25, 0.3) is 0 Å². The smallest absolute Gasteiger partial charge is 0.462 e. The number of carbonyl (C=O) groups is 6. The van der Waals surface area contributed by atoms with Crippen LogP contribution in [0.3, 0.4) is 0 Å². The van der Waals surface area contributed by atoms with Gasteiger partial charge in [0.2, 0.25) is 11.8 Å². The van der Waals surface area contributed by atoms with Crippen molar-refractivity contribution in [3.05, 3.63) is 0 Å². The first-order valence-electron chi connectivity index (χ1n) is 55.9. The predicted molar refractivity (Wildman–Crippen MR) is 533 cm³/mol. The SMILES string of the molecule is CCCCCCCCCCCCCCCC(=O)O[C@H](CCCCCCCCCCCCC)CC(=O)NC1C(OC(=O)C[C@@H](CCCCCCCCCCCCC)OC(=O)CCCCCCCCCCCCCCC)[C@H](OP(=O)(O)O)C(CO)O[C@H]1OCC1OCC(NC(=O)C[C@H](O)CCCCCCCCCCCCC)C(OC(=O)C[C@H](O)CCCCCCCCCCCCC)[C@@H]1O. The molecule has 24 heteroatoms. The minimum absolute atomic E-state index is 0.129. The van der Waals surface area contributed by atoms with Crippen LogP contribution in [0.2, 0.25) is 0 Å². The highest BCUT2D eigenvalue weighted by Gasteiger charge is 2.53. The molecule has 0 aliphatic carbocycles. The quantitative estimate of drug-likeness (QED) is 0.0121. The maximum absolute atomic E-state index is 15.3. The van der Waals surface area contributed by atoms with Gasteiger partial charge in [0.25, 0.3) is 0 Å². The number of hydrogen-bond donors (Lipinski definition) is 8. The van der Waals surface area contributed by atoms with Crippen molar-refractivity contribution in [2.45, 2.75) is 635 Å². The van der Waals surface area contributed by atoms with Gasteiger partial charge in [-0.25, -0.2) is 4.57 Å². The lowest BCUT2D eigenvalue weighted by atomic mass is 9.95. The monoisotopic (exact) mass is 1900 g/mol. The molecule has 0 aromatic rings. The first-order chi connectivity index (χ1) is 64.2. The Morgan fingerprint density at radius 3 is 0.962 bits per heavy atom. The summed E-state index contributed by atoms with van der Waals surface area (Å²) >= 11 is 0. The number of phosphoric acid groups is 1. The Morgan fingerprint density at radius 2 is 0.629 bits per heavy atom. The summed E-state index contributed by atoms with van der Waals surface area (Å²) in [6.07, 6.45) is 61.3. The van der Waals surface area contributed by atoms with E-state index in [0.29, 0.717) is 57.8 Å². The summed E-state index contributed by atoms with van der Waals surface area (Å²) in [5.74, 6) is -4.12. The zero-order valence-electron chi connectivity index (χ0n) is 85.4. The van der Waals surface area contributed by atoms with Crippen molar-refractivity contribution in [3.63, 3.8) is 0 Å². The van der Waals surface area contributed by atoms with E-state index in [0.717, 1.165) is 173 Å². The Morgan fingerprint density at radius 1 is 0.341 bits per heavy atom. The average molecular weight is 1900 g/mol. The van der Waals surface area contributed by atoms with Gasteiger partial charge in [-0.05, 0) is 51.4 Å². The molecule has 0 spiro atoms. The van der Waals surface area contributed by atoms with Crippen molar-refractivity contribution in [2.75, 3.05) is 19.8 Å². The molecule has 2 amide bonds. The molecule has 2 aliphatic rings. The van der Waals surface area contributed by atoms with E-state index in [-0.39, 0.29) is 25.9 Å². The molecule has 2 aliphatic heterocycles. The van der Waals surface area contributed by atoms with Gasteiger partial charge in [-0.2, -0.15) is 0 Å². The van der Waals surface area contributed by atoms with Gasteiger partial charge < -0.3 is 74.0 Å². The average Bonchev–Trinajstić information content (AvgIpc) is 0.779. The Bertz CT molecular complexity index is 2730. The Labute approximate surface area is 805 Å². The summed E-state index contributed by atoms with van der Waals surface area (Å²) in [6, 6.07) is -2.93. The molecule has 0 radical (unpaired) electrons. The van der Waals surface area contributed by atoms with Crippen LogP contribution in [0.15, 0.2) is 0 Å². The minimum atomic E-state index is -5.60. The molecule has 132 heavy (non-hydrogen) atoms. The molecule has 0 aromatic heterocycles. The number of amides is 2. The molecule has 8 N–H and O–H groups in total. The Hall–Kier alpha value is -3.35. The fourth-order valence-corrected chi connectivity index (χ4v) is 19.4. The van der Waals surface area contributed by atoms with Gasteiger partial charge in [0.05, 0.1) is 63.8 Å². The van der Waals surface area contributed by atoms with Crippen LogP contribution in [0, 0.1) is 0 Å². The first-order valence-corrected chi connectivity index (χ1v) is 57.4. The van der Waals surface area contributed by atoms with E-state index in [4.69, 9.17) is 37.7 Å². The van der Waals surface area contributed by atoms with Crippen molar-refractivity contribution >= 4 is 43.5 Å². The van der Waals surface area contributed by atoms with Crippen molar-refractivity contribution in [2.24, 2.45) is 0 Å². The van der Waals surface area contributed by atoms with Gasteiger partial charge >= 0.3 is 31.7 Å². The summed E-state index contributed by atoms with van der Waals surface area (Å²) < 4.78 is 62.9. The van der Waals surface area contributed by atoms with Gasteiger partial charge in [0.1, 0.15) is 42.7 Å². The molecule has 0 aromatic carbocycles. The van der Waals surface area contributed by atoms with Crippen LogP contribution in [0.1, 0.15) is 555 Å². The van der Waals surface area contributed by atoms with E-state index in [1.165, 1.54) is 244 Å². The number of rotatable bonds is 96. The molecule has 0 saturated carbocycles. The lowest BCUT2D eigenvalue weighted by Crippen LogP contribution is -2.67. The van der Waals surface area contributed by atoms with E-state index < -0.39 is 155 Å². The zero-order valence-corrected chi connectivity index (χ0v) is 86.3. The molecule has 2 rings (SSSR count). The van der Waals surface area contributed by atoms with E-state index >= 15 is 9.59 Å². The zero-order chi connectivity index (χ0) is 96.2. The second-order valence-corrected chi connectivity index (χ2v) is 41.0. The standard InChI is InChI=1S/C108H205N2O21P/c1-7-13-19-25-31-37-43-45-51-57-63-69-75-81-99(116)126-92(79-73-67-61-55-49-41-35-29-23-17-11-5)85-98(115)110-103-107(130-102(119)86-93(80-74-68-62-56-50-42-36-30-24-18-12-6)127-100(117)82-76-70-64-58-52-46-44-38-32-26-20-14-8-2)106(131-132(121,122)123)95(87-111)128-108(103)125-89-96-104(120)105(129-101(118)84-91(113)78-72-66-60-54-48-40-34-28-22-16-10-4)94(88-124-96)109-97(114)83-90(112)77-71-65-59-53-47-39-33-27-21-15-9-3/h90-96,103-108,111-113,120H,7-89H2,1-6H3,(H,109,114)(H,110,115)(H2,121,122,123)/t90-,91-,92-,93-,94?,95?,96?,103?,104-,105?,106-,107?,108-/m1/s1. The van der Waals surface area contributed by atoms with Gasteiger partial charge in [-0.15, -0.1) is 0 Å². The highest BCUT2D eigenvalue weighted by atomic mass is 31.2. The number of unbranched alkanes of at least 4 members (excludes halogenated alkanes) is 64. The fraction of sp³-hybridized carbons (Fsp3) is 0.944. The number of ether oxygens (including phenoxy) is 7. The number of hydrogen-bond acceptors (Lipinski definition) is 19. The Balaban J connectivity index is 2.70. The third-order valence-corrected chi connectivity index (χ3v) is 27.6. The van der Waals surface area contributed by atoms with Crippen LogP contribution in [-0.2, 0) is 71.0 Å². The molecule has 13 atom stereocenters. The van der Waals surface area contributed by atoms with Crippen LogP contribution >= 0.6 is 7.82 Å². The molecule has 778 valence electrons. The van der Waals surface area contributed by atoms with Crippen LogP contribution in [0.4, 0.5) is 0 Å². The highest BCUT2D eigenvalue weighted by Crippen LogP contribution is 2.43. The van der Waals surface area contributed by atoms with Gasteiger partial charge in [0.15, 0.2) is 18.5 Å². The topological polar surface area (TPSA) is 339 Å². The number of esters is 4. The molecule has 6 unspecified atom stereocenters. The first kappa shape index (κ1) is 125. The van der Waals surface area contributed by atoms with Gasteiger partial charge in [-0.3, -0.25) is 33.3 Å². The molecule has 0 bridgehead atoms. The molecular weight excluding hydrogens is 1690 g/mol. The van der Waals surface area contributed by atoms with Crippen LogP contribution < -0.4 is 10.6 Å². The molecule has 2 fully saturated rings. The van der Waals surface area contributed by atoms with Crippen molar-refractivity contribution < 1.29 is 101 Å². The van der Waals surface area contributed by atoms with E-state index in [2.05, 4.69) is 52.2 Å². The van der Waals surface area contributed by atoms with Crippen molar-refractivity contribution in [3.8, 4) is 0 Å². The highest BCUT2D eigenvalue weighted by molar-refractivity contribution is 7.46. The van der Waals surface area contributed by atoms with Gasteiger partial charge in [-0.1, -0.05) is 465 Å². The van der Waals surface area contributed by atoms with Crippen molar-refractivity contribution in [1.29, 1.82) is 0 Å². The number of nitrogens with one attached hydrogen (secondary N) is 2. The number of carbonyl (C=O) groups excluding carboxylic acids is 6. The summed E-state index contributed by atoms with van der Waals surface area (Å²) in [6.45, 7) is 11.3. The summed E-state index contributed by atoms with van der Waals surface area (Å²) in [5, 5.41) is 52.0. The number of aliphatic hydroxyl groups excluding tert-OH is 4. The van der Waals surface area contributed by atoms with E-state index in [1.54, 1.807) is 0 Å². The predicted octanol–water partition coefficient (Wildman–Crippen LogP) is 26.6. The third-order valence-electron chi connectivity index (χ3n) is 27.1.